The maximum atomic E-state index is 12.3. The average molecular weight is 297 g/mol. The van der Waals surface area contributed by atoms with Gasteiger partial charge in [0.15, 0.2) is 0 Å². The van der Waals surface area contributed by atoms with Gasteiger partial charge in [-0.2, -0.15) is 0 Å². The highest BCUT2D eigenvalue weighted by Crippen LogP contribution is 2.25. The van der Waals surface area contributed by atoms with Gasteiger partial charge in [-0.15, -0.1) is 5.10 Å². The summed E-state index contributed by atoms with van der Waals surface area (Å²) in [5.41, 5.74) is 0. The van der Waals surface area contributed by atoms with Crippen molar-refractivity contribution < 1.29 is 4.79 Å². The molecule has 7 heteroatoms. The van der Waals surface area contributed by atoms with Crippen molar-refractivity contribution in [1.82, 2.24) is 25.5 Å². The lowest BCUT2D eigenvalue weighted by Crippen LogP contribution is -2.44. The molecule has 1 aromatic rings. The predicted octanol–water partition coefficient (Wildman–Crippen LogP) is 1.87. The van der Waals surface area contributed by atoms with Crippen molar-refractivity contribution in [2.75, 3.05) is 0 Å². The number of amides is 1. The van der Waals surface area contributed by atoms with Gasteiger partial charge >= 0.3 is 0 Å². The first-order chi connectivity index (χ1) is 9.61. The molecule has 0 aliphatic heterocycles. The van der Waals surface area contributed by atoms with Crippen LogP contribution in [0, 0.1) is 5.92 Å². The van der Waals surface area contributed by atoms with E-state index in [0.717, 1.165) is 6.42 Å². The van der Waals surface area contributed by atoms with E-state index in [1.807, 2.05) is 13.8 Å². The van der Waals surface area contributed by atoms with Crippen molar-refractivity contribution in [3.63, 3.8) is 0 Å². The van der Waals surface area contributed by atoms with E-state index in [4.69, 9.17) is 0 Å². The van der Waals surface area contributed by atoms with Crippen LogP contribution in [-0.2, 0) is 11.3 Å². The molecule has 1 amide bonds. The monoisotopic (exact) mass is 297 g/mol. The van der Waals surface area contributed by atoms with Crippen LogP contribution in [0.1, 0.15) is 46.5 Å². The minimum atomic E-state index is -0.180. The molecule has 0 saturated heterocycles. The molecular weight excluding hydrogens is 274 g/mol. The number of carbonyl (C=O) groups excluding carboxylic acids is 1. The summed E-state index contributed by atoms with van der Waals surface area (Å²) in [4.78, 5) is 12.3. The SMILES string of the molecule is CCn1nnnc1S[C@H](C)C(=O)N[C@H]1CCCC[C@@H]1C. The molecule has 3 atom stereocenters. The fraction of sp³-hybridized carbons (Fsp3) is 0.846. The van der Waals surface area contributed by atoms with Crippen LogP contribution in [0.25, 0.3) is 0 Å². The molecule has 0 unspecified atom stereocenters. The Morgan fingerprint density at radius 2 is 2.25 bits per heavy atom. The molecule has 1 aliphatic rings. The Hall–Kier alpha value is -1.11. The number of nitrogens with zero attached hydrogens (tertiary/aromatic N) is 4. The van der Waals surface area contributed by atoms with Crippen molar-refractivity contribution in [3.8, 4) is 0 Å². The van der Waals surface area contributed by atoms with E-state index in [2.05, 4.69) is 27.8 Å². The van der Waals surface area contributed by atoms with Gasteiger partial charge in [0.05, 0.1) is 5.25 Å². The summed E-state index contributed by atoms with van der Waals surface area (Å²) >= 11 is 1.41. The van der Waals surface area contributed by atoms with E-state index in [9.17, 15) is 4.79 Å². The maximum Gasteiger partial charge on any atom is 0.233 e. The highest BCUT2D eigenvalue weighted by Gasteiger charge is 2.26. The second-order valence-electron chi connectivity index (χ2n) is 5.41. The van der Waals surface area contributed by atoms with Gasteiger partial charge in [-0.3, -0.25) is 4.79 Å². The van der Waals surface area contributed by atoms with Crippen molar-refractivity contribution in [1.29, 1.82) is 0 Å². The summed E-state index contributed by atoms with van der Waals surface area (Å²) < 4.78 is 1.71. The molecule has 1 aliphatic carbocycles. The molecule has 112 valence electrons. The quantitative estimate of drug-likeness (QED) is 0.840. The van der Waals surface area contributed by atoms with Crippen LogP contribution >= 0.6 is 11.8 Å². The minimum absolute atomic E-state index is 0.0828. The first kappa shape index (κ1) is 15.3. The van der Waals surface area contributed by atoms with Crippen molar-refractivity contribution >= 4 is 17.7 Å². The summed E-state index contributed by atoms with van der Waals surface area (Å²) in [5, 5.41) is 15.2. The zero-order valence-corrected chi connectivity index (χ0v) is 13.2. The second kappa shape index (κ2) is 7.06. The average Bonchev–Trinajstić information content (AvgIpc) is 2.88. The number of carbonyl (C=O) groups is 1. The van der Waals surface area contributed by atoms with Crippen LogP contribution in [0.2, 0.25) is 0 Å². The minimum Gasteiger partial charge on any atom is -0.352 e. The summed E-state index contributed by atoms with van der Waals surface area (Å²) in [6.07, 6.45) is 4.80. The standard InChI is InChI=1S/C13H23N5OS/c1-4-18-13(15-16-17-18)20-10(3)12(19)14-11-8-6-5-7-9(11)2/h9-11H,4-8H2,1-3H3,(H,14,19)/t9-,10+,11-/m0/s1. The number of nitrogens with one attached hydrogen (secondary N) is 1. The maximum absolute atomic E-state index is 12.3. The zero-order valence-electron chi connectivity index (χ0n) is 12.4. The molecule has 20 heavy (non-hydrogen) atoms. The fourth-order valence-electron chi connectivity index (χ4n) is 2.52. The molecule has 1 N–H and O–H groups in total. The smallest absolute Gasteiger partial charge is 0.233 e. The van der Waals surface area contributed by atoms with Crippen LogP contribution in [0.4, 0.5) is 0 Å². The van der Waals surface area contributed by atoms with Crippen LogP contribution in [0.5, 0.6) is 0 Å². The molecule has 0 bridgehead atoms. The summed E-state index contributed by atoms with van der Waals surface area (Å²) in [6.45, 7) is 6.82. The van der Waals surface area contributed by atoms with E-state index >= 15 is 0 Å². The second-order valence-corrected chi connectivity index (χ2v) is 6.72. The highest BCUT2D eigenvalue weighted by atomic mass is 32.2. The zero-order chi connectivity index (χ0) is 14.5. The van der Waals surface area contributed by atoms with Gasteiger partial charge < -0.3 is 5.32 Å². The van der Waals surface area contributed by atoms with Gasteiger partial charge in [0, 0.05) is 12.6 Å². The molecule has 0 radical (unpaired) electrons. The normalized spacial score (nSPS) is 24.4. The van der Waals surface area contributed by atoms with E-state index in [-0.39, 0.29) is 11.2 Å². The third-order valence-corrected chi connectivity index (χ3v) is 4.96. The molecule has 1 fully saturated rings. The number of thioether (sulfide) groups is 1. The molecule has 2 rings (SSSR count). The number of rotatable bonds is 5. The number of hydrogen-bond acceptors (Lipinski definition) is 5. The lowest BCUT2D eigenvalue weighted by atomic mass is 9.86. The summed E-state index contributed by atoms with van der Waals surface area (Å²) in [6, 6.07) is 0.321. The molecule has 0 spiro atoms. The molecule has 0 aromatic carbocycles. The van der Waals surface area contributed by atoms with Gasteiger partial charge in [-0.1, -0.05) is 31.5 Å². The van der Waals surface area contributed by atoms with Gasteiger partial charge in [-0.05, 0) is 43.0 Å². The highest BCUT2D eigenvalue weighted by molar-refractivity contribution is 8.00. The Labute approximate surface area is 124 Å². The Morgan fingerprint density at radius 1 is 1.50 bits per heavy atom. The van der Waals surface area contributed by atoms with Crippen LogP contribution in [-0.4, -0.2) is 37.4 Å². The summed E-state index contributed by atoms with van der Waals surface area (Å²) in [7, 11) is 0. The van der Waals surface area contributed by atoms with Gasteiger partial charge in [0.2, 0.25) is 11.1 Å². The Balaban J connectivity index is 1.88. The fourth-order valence-corrected chi connectivity index (χ4v) is 3.38. The first-order valence-corrected chi connectivity index (χ1v) is 8.23. The number of aromatic nitrogens is 4. The third kappa shape index (κ3) is 3.71. The van der Waals surface area contributed by atoms with Gasteiger partial charge in [-0.25, -0.2) is 4.68 Å². The van der Waals surface area contributed by atoms with Gasteiger partial charge in [0.1, 0.15) is 0 Å². The third-order valence-electron chi connectivity index (χ3n) is 3.89. The topological polar surface area (TPSA) is 72.7 Å². The van der Waals surface area contributed by atoms with E-state index in [0.29, 0.717) is 23.7 Å². The first-order valence-electron chi connectivity index (χ1n) is 7.35. The van der Waals surface area contributed by atoms with Crippen molar-refractivity contribution in [3.05, 3.63) is 0 Å². The van der Waals surface area contributed by atoms with Crippen LogP contribution in [0.15, 0.2) is 5.16 Å². The molecule has 1 saturated carbocycles. The van der Waals surface area contributed by atoms with Crippen molar-refractivity contribution in [2.45, 2.75) is 69.4 Å². The van der Waals surface area contributed by atoms with E-state index in [1.165, 1.54) is 31.0 Å². The largest absolute Gasteiger partial charge is 0.352 e. The number of tetrazole rings is 1. The number of aryl methyl sites for hydroxylation is 1. The molecule has 1 aromatic heterocycles. The lowest BCUT2D eigenvalue weighted by Gasteiger charge is -2.30. The Kier molecular flexibility index (Phi) is 5.39. The molecule has 1 heterocycles. The Bertz CT molecular complexity index is 450. The molecule has 6 nitrogen and oxygen atoms in total. The van der Waals surface area contributed by atoms with E-state index in [1.54, 1.807) is 4.68 Å². The van der Waals surface area contributed by atoms with Crippen LogP contribution in [0.3, 0.4) is 0 Å². The lowest BCUT2D eigenvalue weighted by molar-refractivity contribution is -0.121. The van der Waals surface area contributed by atoms with Gasteiger partial charge in [0.25, 0.3) is 0 Å². The Morgan fingerprint density at radius 3 is 2.95 bits per heavy atom. The van der Waals surface area contributed by atoms with Crippen molar-refractivity contribution in [2.24, 2.45) is 5.92 Å². The van der Waals surface area contributed by atoms with Crippen LogP contribution < -0.4 is 5.32 Å². The predicted molar refractivity (Wildman–Crippen MR) is 78.4 cm³/mol. The molecular formula is C13H23N5OS. The summed E-state index contributed by atoms with van der Waals surface area (Å²) in [5.74, 6) is 0.658. The van der Waals surface area contributed by atoms with E-state index < -0.39 is 0 Å². The number of hydrogen-bond donors (Lipinski definition) is 1.